The van der Waals surface area contributed by atoms with Crippen LogP contribution in [0.5, 0.6) is 0 Å². The maximum Gasteiger partial charge on any atom is 0.356 e. The molecule has 0 radical (unpaired) electrons. The van der Waals surface area contributed by atoms with Crippen molar-refractivity contribution < 1.29 is 14.7 Å². The second kappa shape index (κ2) is 4.83. The molecule has 1 heterocycles. The predicted octanol–water partition coefficient (Wildman–Crippen LogP) is 1.67. The number of amides is 1. The van der Waals surface area contributed by atoms with E-state index >= 15 is 0 Å². The molecule has 4 aliphatic carbocycles. The Hall–Kier alpha value is -1.85. The molecule has 4 bridgehead atoms. The van der Waals surface area contributed by atoms with Gasteiger partial charge in [0.2, 0.25) is 5.91 Å². The van der Waals surface area contributed by atoms with E-state index in [9.17, 15) is 9.59 Å². The van der Waals surface area contributed by atoms with Crippen LogP contribution in [0.15, 0.2) is 12.3 Å². The summed E-state index contributed by atoms with van der Waals surface area (Å²) in [4.78, 5) is 23.2. The number of rotatable bonds is 4. The fourth-order valence-electron chi connectivity index (χ4n) is 5.31. The quantitative estimate of drug-likeness (QED) is 0.886. The topological polar surface area (TPSA) is 84.2 Å². The molecule has 0 saturated heterocycles. The summed E-state index contributed by atoms with van der Waals surface area (Å²) in [6, 6.07) is 1.42. The molecule has 118 valence electrons. The number of carbonyl (C=O) groups excluding carboxylic acids is 1. The molecule has 2 N–H and O–H groups in total. The van der Waals surface area contributed by atoms with E-state index in [-0.39, 0.29) is 23.7 Å². The van der Waals surface area contributed by atoms with Gasteiger partial charge < -0.3 is 10.4 Å². The third kappa shape index (κ3) is 2.40. The van der Waals surface area contributed by atoms with Crippen molar-refractivity contribution in [3.05, 3.63) is 18.0 Å². The second-order valence-electron chi connectivity index (χ2n) is 7.45. The number of carbonyl (C=O) groups is 2. The average Bonchev–Trinajstić information content (AvgIpc) is 2.84. The molecule has 4 aliphatic rings. The van der Waals surface area contributed by atoms with Crippen LogP contribution in [0.2, 0.25) is 0 Å². The van der Waals surface area contributed by atoms with Gasteiger partial charge >= 0.3 is 5.97 Å². The van der Waals surface area contributed by atoms with Crippen molar-refractivity contribution in [3.8, 4) is 0 Å². The highest BCUT2D eigenvalue weighted by molar-refractivity contribution is 5.85. The third-order valence-electron chi connectivity index (χ3n) is 5.61. The average molecular weight is 303 g/mol. The number of aromatic carboxylic acids is 1. The standard InChI is InChI=1S/C16H21N3O3/c20-14(9-19-2-1-13(18-19)15(21)22)17-16-6-10-3-11(7-16)5-12(4-10)8-16/h1-2,10-12H,3-9H2,(H,17,20)(H,21,22). The van der Waals surface area contributed by atoms with Crippen LogP contribution in [0.1, 0.15) is 49.0 Å². The van der Waals surface area contributed by atoms with Gasteiger partial charge in [-0.25, -0.2) is 4.79 Å². The maximum atomic E-state index is 12.4. The largest absolute Gasteiger partial charge is 0.476 e. The lowest BCUT2D eigenvalue weighted by molar-refractivity contribution is -0.127. The zero-order valence-electron chi connectivity index (χ0n) is 12.5. The monoisotopic (exact) mass is 303 g/mol. The lowest BCUT2D eigenvalue weighted by atomic mass is 9.53. The Morgan fingerprint density at radius 3 is 2.32 bits per heavy atom. The lowest BCUT2D eigenvalue weighted by Crippen LogP contribution is -2.60. The SMILES string of the molecule is O=C(Cn1ccc(C(=O)O)n1)NC12CC3CC(CC(C3)C1)C2. The van der Waals surface area contributed by atoms with E-state index in [1.165, 1.54) is 30.0 Å². The first-order valence-corrected chi connectivity index (χ1v) is 8.09. The van der Waals surface area contributed by atoms with Gasteiger partial charge in [-0.1, -0.05) is 0 Å². The molecular weight excluding hydrogens is 282 g/mol. The molecule has 0 aliphatic heterocycles. The minimum absolute atomic E-state index is 0.00534. The smallest absolute Gasteiger partial charge is 0.356 e. The molecule has 22 heavy (non-hydrogen) atoms. The van der Waals surface area contributed by atoms with Gasteiger partial charge in [0.1, 0.15) is 6.54 Å². The number of aromatic nitrogens is 2. The first kappa shape index (κ1) is 13.8. The first-order chi connectivity index (χ1) is 10.5. The van der Waals surface area contributed by atoms with Crippen LogP contribution in [0.4, 0.5) is 0 Å². The van der Waals surface area contributed by atoms with Crippen molar-refractivity contribution in [2.24, 2.45) is 17.8 Å². The molecule has 4 saturated carbocycles. The molecule has 1 amide bonds. The molecule has 6 heteroatoms. The number of carboxylic acid groups (broad SMARTS) is 1. The second-order valence-corrected chi connectivity index (χ2v) is 7.45. The van der Waals surface area contributed by atoms with Crippen molar-refractivity contribution >= 4 is 11.9 Å². The van der Waals surface area contributed by atoms with E-state index < -0.39 is 5.97 Å². The van der Waals surface area contributed by atoms with E-state index in [0.29, 0.717) is 0 Å². The summed E-state index contributed by atoms with van der Waals surface area (Å²) in [6.07, 6.45) is 8.92. The van der Waals surface area contributed by atoms with Crippen LogP contribution in [0, 0.1) is 17.8 Å². The van der Waals surface area contributed by atoms with Crippen molar-refractivity contribution in [2.75, 3.05) is 0 Å². The summed E-state index contributed by atoms with van der Waals surface area (Å²) in [5.41, 5.74) is -0.0307. The highest BCUT2D eigenvalue weighted by Crippen LogP contribution is 2.55. The van der Waals surface area contributed by atoms with Gasteiger partial charge in [0, 0.05) is 11.7 Å². The number of carboxylic acids is 1. The van der Waals surface area contributed by atoms with E-state index in [4.69, 9.17) is 5.11 Å². The molecule has 0 spiro atoms. The van der Waals surface area contributed by atoms with Gasteiger partial charge in [-0.3, -0.25) is 9.48 Å². The Morgan fingerprint density at radius 2 is 1.82 bits per heavy atom. The molecule has 5 rings (SSSR count). The molecule has 4 fully saturated rings. The van der Waals surface area contributed by atoms with Crippen molar-refractivity contribution in [1.82, 2.24) is 15.1 Å². The Labute approximate surface area is 128 Å². The molecule has 0 unspecified atom stereocenters. The van der Waals surface area contributed by atoms with E-state index in [0.717, 1.165) is 37.0 Å². The van der Waals surface area contributed by atoms with Gasteiger partial charge in [0.15, 0.2) is 5.69 Å². The molecule has 1 aromatic heterocycles. The highest BCUT2D eigenvalue weighted by atomic mass is 16.4. The van der Waals surface area contributed by atoms with Gasteiger partial charge in [-0.2, -0.15) is 5.10 Å². The summed E-state index contributed by atoms with van der Waals surface area (Å²) >= 11 is 0. The minimum atomic E-state index is -1.07. The number of hydrogen-bond acceptors (Lipinski definition) is 3. The van der Waals surface area contributed by atoms with E-state index in [1.54, 1.807) is 6.20 Å². The number of nitrogens with one attached hydrogen (secondary N) is 1. The minimum Gasteiger partial charge on any atom is -0.476 e. The fourth-order valence-corrected chi connectivity index (χ4v) is 5.31. The molecule has 0 aromatic carbocycles. The summed E-state index contributed by atoms with van der Waals surface area (Å²) in [7, 11) is 0. The Kier molecular flexibility index (Phi) is 3.03. The summed E-state index contributed by atoms with van der Waals surface area (Å²) in [5.74, 6) is 1.24. The van der Waals surface area contributed by atoms with Crippen molar-refractivity contribution in [2.45, 2.75) is 50.6 Å². The third-order valence-corrected chi connectivity index (χ3v) is 5.61. The van der Waals surface area contributed by atoms with Crippen LogP contribution in [-0.2, 0) is 11.3 Å². The Morgan fingerprint density at radius 1 is 1.23 bits per heavy atom. The van der Waals surface area contributed by atoms with Crippen LogP contribution in [0.3, 0.4) is 0 Å². The fraction of sp³-hybridized carbons (Fsp3) is 0.688. The van der Waals surface area contributed by atoms with Crippen molar-refractivity contribution in [1.29, 1.82) is 0 Å². The Balaban J connectivity index is 1.42. The van der Waals surface area contributed by atoms with Gasteiger partial charge in [-0.15, -0.1) is 0 Å². The van der Waals surface area contributed by atoms with E-state index in [1.807, 2.05) is 0 Å². The zero-order valence-corrected chi connectivity index (χ0v) is 12.5. The van der Waals surface area contributed by atoms with Crippen LogP contribution in [-0.4, -0.2) is 32.3 Å². The van der Waals surface area contributed by atoms with Gasteiger partial charge in [-0.05, 0) is 62.3 Å². The molecule has 0 atom stereocenters. The molecule has 1 aromatic rings. The number of nitrogens with zero attached hydrogens (tertiary/aromatic N) is 2. The van der Waals surface area contributed by atoms with Crippen LogP contribution >= 0.6 is 0 Å². The zero-order chi connectivity index (χ0) is 15.3. The van der Waals surface area contributed by atoms with E-state index in [2.05, 4.69) is 10.4 Å². The molecule has 6 nitrogen and oxygen atoms in total. The number of hydrogen-bond donors (Lipinski definition) is 2. The highest BCUT2D eigenvalue weighted by Gasteiger charge is 2.51. The summed E-state index contributed by atoms with van der Waals surface area (Å²) in [5, 5.41) is 16.0. The van der Waals surface area contributed by atoms with Gasteiger partial charge in [0.05, 0.1) is 0 Å². The summed E-state index contributed by atoms with van der Waals surface area (Å²) in [6.45, 7) is 0.0923. The van der Waals surface area contributed by atoms with Crippen LogP contribution in [0.25, 0.3) is 0 Å². The Bertz CT molecular complexity index is 587. The van der Waals surface area contributed by atoms with Crippen molar-refractivity contribution in [3.63, 3.8) is 0 Å². The predicted molar refractivity (Wildman–Crippen MR) is 78.2 cm³/mol. The normalized spacial score (nSPS) is 35.5. The van der Waals surface area contributed by atoms with Crippen LogP contribution < -0.4 is 5.32 Å². The molecular formula is C16H21N3O3. The lowest BCUT2D eigenvalue weighted by Gasteiger charge is -2.56. The first-order valence-electron chi connectivity index (χ1n) is 8.09. The summed E-state index contributed by atoms with van der Waals surface area (Å²) < 4.78 is 1.40. The maximum absolute atomic E-state index is 12.4. The van der Waals surface area contributed by atoms with Gasteiger partial charge in [0.25, 0.3) is 0 Å².